The molecule has 0 spiro atoms. The second-order valence-corrected chi connectivity index (χ2v) is 8.41. The van der Waals surface area contributed by atoms with E-state index < -0.39 is 66.6 Å². The van der Waals surface area contributed by atoms with Crippen molar-refractivity contribution in [1.29, 1.82) is 0 Å². The number of ketones is 1. The first-order valence-electron chi connectivity index (χ1n) is 9.78. The number of cyclic esters (lactones) is 1. The van der Waals surface area contributed by atoms with Gasteiger partial charge >= 0.3 is 5.97 Å². The summed E-state index contributed by atoms with van der Waals surface area (Å²) in [5.74, 6) is -4.80. The minimum atomic E-state index is -1.21. The van der Waals surface area contributed by atoms with Crippen LogP contribution in [0, 0.1) is 35.5 Å². The molecule has 1 rings (SSSR count). The monoisotopic (exact) mass is 390 g/mol. The Morgan fingerprint density at radius 3 is 1.93 bits per heavy atom. The maximum Gasteiger partial charge on any atom is 0.311 e. The van der Waals surface area contributed by atoms with E-state index >= 15 is 0 Å². The summed E-state index contributed by atoms with van der Waals surface area (Å²) in [6.45, 7) is 8.75. The number of hydrogen-bond donors (Lipinski definition) is 3. The Bertz CT molecular complexity index is 513. The number of Topliss-reactive ketones (excluding diaryl/α,β-unsaturated/α-hetero) is 1. The molecule has 1 fully saturated rings. The Morgan fingerprint density at radius 1 is 0.889 bits per heavy atom. The van der Waals surface area contributed by atoms with Gasteiger partial charge in [0.25, 0.3) is 0 Å². The Labute approximate surface area is 161 Å². The highest BCUT2D eigenvalue weighted by Crippen LogP contribution is 2.30. The lowest BCUT2D eigenvalue weighted by Gasteiger charge is -2.35. The number of aliphatic hydroxyl groups is 3. The van der Waals surface area contributed by atoms with Gasteiger partial charge < -0.3 is 20.1 Å². The second-order valence-electron chi connectivity index (χ2n) is 8.41. The second kappa shape index (κ2) is 9.94. The van der Waals surface area contributed by atoms with E-state index in [-0.39, 0.29) is 11.7 Å². The van der Waals surface area contributed by atoms with Crippen molar-refractivity contribution in [2.24, 2.45) is 35.5 Å². The number of halogens is 1. The zero-order valence-electron chi connectivity index (χ0n) is 17.1. The summed E-state index contributed by atoms with van der Waals surface area (Å²) >= 11 is 0. The number of carbonyl (C=O) groups is 2. The molecule has 7 heteroatoms. The Hall–Kier alpha value is -1.05. The highest BCUT2D eigenvalue weighted by atomic mass is 19.1. The molecule has 0 aliphatic carbocycles. The summed E-state index contributed by atoms with van der Waals surface area (Å²) in [6, 6.07) is 0. The lowest BCUT2D eigenvalue weighted by atomic mass is 9.77. The highest BCUT2D eigenvalue weighted by molar-refractivity contribution is 5.83. The van der Waals surface area contributed by atoms with Gasteiger partial charge in [0.15, 0.2) is 0 Å². The first-order chi connectivity index (χ1) is 12.4. The molecule has 158 valence electrons. The van der Waals surface area contributed by atoms with Crippen LogP contribution >= 0.6 is 0 Å². The molecule has 1 aliphatic rings. The van der Waals surface area contributed by atoms with Crippen LogP contribution in [0.3, 0.4) is 0 Å². The van der Waals surface area contributed by atoms with Crippen molar-refractivity contribution in [2.75, 3.05) is 6.67 Å². The van der Waals surface area contributed by atoms with Crippen LogP contribution in [-0.4, -0.2) is 58.2 Å². The predicted molar refractivity (Wildman–Crippen MR) is 98.5 cm³/mol. The van der Waals surface area contributed by atoms with Gasteiger partial charge in [-0.15, -0.1) is 0 Å². The number of ether oxygens (including phenoxy) is 1. The quantitative estimate of drug-likeness (QED) is 0.589. The number of carbonyl (C=O) groups excluding carboxylic acids is 2. The van der Waals surface area contributed by atoms with Crippen LogP contribution < -0.4 is 0 Å². The van der Waals surface area contributed by atoms with Crippen LogP contribution in [0.4, 0.5) is 4.39 Å². The standard InChI is InChI=1S/C20H35FO6/c1-9-7-10(2)17(23)13(5)19(25)14(6)20(26)27-15(8-21)11(3)18(24)12(4)16(9)22/h9-15,17-19,23-25H,7-8H2,1-6H3/t9-,10+,11+,12+,13-,14-,15-,17+,18+,19+/m1/s1. The van der Waals surface area contributed by atoms with E-state index in [0.29, 0.717) is 6.42 Å². The van der Waals surface area contributed by atoms with Crippen molar-refractivity contribution in [3.8, 4) is 0 Å². The molecule has 0 aromatic heterocycles. The smallest absolute Gasteiger partial charge is 0.311 e. The van der Waals surface area contributed by atoms with Crippen molar-refractivity contribution in [3.63, 3.8) is 0 Å². The number of esters is 1. The van der Waals surface area contributed by atoms with Crippen LogP contribution in [-0.2, 0) is 14.3 Å². The summed E-state index contributed by atoms with van der Waals surface area (Å²) < 4.78 is 18.7. The SMILES string of the molecule is C[C@@H]1[C@@H](O)[C@@H](C)C[C@@H](C)C(=O)[C@H](C)[C@@H](O)[C@@H](C)[C@@H](CF)OC(=O)[C@H](C)[C@H]1O. The van der Waals surface area contributed by atoms with Crippen LogP contribution in [0.2, 0.25) is 0 Å². The van der Waals surface area contributed by atoms with E-state index in [4.69, 9.17) is 4.74 Å². The maximum atomic E-state index is 13.5. The highest BCUT2D eigenvalue weighted by Gasteiger charge is 2.40. The molecule has 1 saturated heterocycles. The van der Waals surface area contributed by atoms with Crippen molar-refractivity contribution in [3.05, 3.63) is 0 Å². The Balaban J connectivity index is 3.23. The molecular formula is C20H35FO6. The van der Waals surface area contributed by atoms with Gasteiger partial charge in [-0.2, -0.15) is 0 Å². The molecule has 0 saturated carbocycles. The molecule has 1 heterocycles. The number of alkyl halides is 1. The summed E-state index contributed by atoms with van der Waals surface area (Å²) in [6.07, 6.45) is -4.10. The molecule has 6 nitrogen and oxygen atoms in total. The van der Waals surface area contributed by atoms with E-state index in [9.17, 15) is 29.3 Å². The maximum absolute atomic E-state index is 13.5. The van der Waals surface area contributed by atoms with E-state index in [0.717, 1.165) is 0 Å². The summed E-state index contributed by atoms with van der Waals surface area (Å²) in [5.41, 5.74) is 0. The molecule has 0 bridgehead atoms. The third-order valence-corrected chi connectivity index (χ3v) is 6.26. The Morgan fingerprint density at radius 2 is 1.41 bits per heavy atom. The van der Waals surface area contributed by atoms with Gasteiger partial charge in [-0.05, 0) is 19.3 Å². The van der Waals surface area contributed by atoms with Crippen molar-refractivity contribution >= 4 is 11.8 Å². The van der Waals surface area contributed by atoms with Crippen LogP contribution in [0.25, 0.3) is 0 Å². The van der Waals surface area contributed by atoms with Gasteiger partial charge in [0.1, 0.15) is 18.6 Å². The minimum absolute atomic E-state index is 0.184. The fourth-order valence-corrected chi connectivity index (χ4v) is 3.96. The van der Waals surface area contributed by atoms with E-state index in [1.165, 1.54) is 6.92 Å². The lowest BCUT2D eigenvalue weighted by Crippen LogP contribution is -2.46. The largest absolute Gasteiger partial charge is 0.459 e. The number of hydrogen-bond acceptors (Lipinski definition) is 6. The zero-order chi connectivity index (χ0) is 21.0. The first kappa shape index (κ1) is 24.0. The molecule has 0 radical (unpaired) electrons. The molecule has 0 amide bonds. The van der Waals surface area contributed by atoms with E-state index in [1.54, 1.807) is 34.6 Å². The van der Waals surface area contributed by atoms with Crippen molar-refractivity contribution in [1.82, 2.24) is 0 Å². The molecular weight excluding hydrogens is 355 g/mol. The van der Waals surface area contributed by atoms with Gasteiger partial charge in [0.05, 0.1) is 24.2 Å². The first-order valence-corrected chi connectivity index (χ1v) is 9.78. The predicted octanol–water partition coefficient (Wildman–Crippen LogP) is 1.74. The number of rotatable bonds is 1. The molecule has 10 atom stereocenters. The van der Waals surface area contributed by atoms with Crippen molar-refractivity contribution in [2.45, 2.75) is 72.4 Å². The van der Waals surface area contributed by atoms with Crippen LogP contribution in [0.15, 0.2) is 0 Å². The molecule has 0 unspecified atom stereocenters. The molecule has 1 aliphatic heterocycles. The van der Waals surface area contributed by atoms with Crippen molar-refractivity contribution < 1.29 is 34.0 Å². The van der Waals surface area contributed by atoms with Gasteiger partial charge in [-0.1, -0.05) is 34.6 Å². The van der Waals surface area contributed by atoms with Gasteiger partial charge in [0.2, 0.25) is 0 Å². The Kier molecular flexibility index (Phi) is 8.83. The van der Waals surface area contributed by atoms with E-state index in [2.05, 4.69) is 0 Å². The fourth-order valence-electron chi connectivity index (χ4n) is 3.96. The van der Waals surface area contributed by atoms with Gasteiger partial charge in [-0.3, -0.25) is 9.59 Å². The third-order valence-electron chi connectivity index (χ3n) is 6.26. The normalized spacial score (nSPS) is 45.9. The summed E-state index contributed by atoms with van der Waals surface area (Å²) in [7, 11) is 0. The zero-order valence-corrected chi connectivity index (χ0v) is 17.1. The van der Waals surface area contributed by atoms with Crippen LogP contribution in [0.5, 0.6) is 0 Å². The van der Waals surface area contributed by atoms with Crippen LogP contribution in [0.1, 0.15) is 48.0 Å². The molecule has 27 heavy (non-hydrogen) atoms. The third kappa shape index (κ3) is 5.48. The molecule has 0 aromatic carbocycles. The summed E-state index contributed by atoms with van der Waals surface area (Å²) in [5, 5.41) is 31.6. The van der Waals surface area contributed by atoms with Gasteiger partial charge in [0, 0.05) is 23.7 Å². The fraction of sp³-hybridized carbons (Fsp3) is 0.900. The molecule has 3 N–H and O–H groups in total. The number of aliphatic hydroxyl groups excluding tert-OH is 3. The van der Waals surface area contributed by atoms with E-state index in [1.807, 2.05) is 0 Å². The average molecular weight is 390 g/mol. The average Bonchev–Trinajstić information content (AvgIpc) is 2.66. The van der Waals surface area contributed by atoms with Gasteiger partial charge in [-0.25, -0.2) is 4.39 Å². The topological polar surface area (TPSA) is 104 Å². The minimum Gasteiger partial charge on any atom is -0.459 e. The lowest BCUT2D eigenvalue weighted by molar-refractivity contribution is -0.167. The summed E-state index contributed by atoms with van der Waals surface area (Å²) in [4.78, 5) is 25.1. The molecule has 0 aromatic rings.